The van der Waals surface area contributed by atoms with Gasteiger partial charge in [-0.2, -0.15) is 4.98 Å². The Kier molecular flexibility index (Phi) is 4.66. The summed E-state index contributed by atoms with van der Waals surface area (Å²) >= 11 is 0. The third-order valence-corrected chi connectivity index (χ3v) is 3.72. The fourth-order valence-corrected chi connectivity index (χ4v) is 2.49. The molecule has 122 valence electrons. The van der Waals surface area contributed by atoms with E-state index in [2.05, 4.69) is 10.1 Å². The summed E-state index contributed by atoms with van der Waals surface area (Å²) in [5, 5.41) is 3.87. The lowest BCUT2D eigenvalue weighted by Gasteiger charge is -2.31. The minimum atomic E-state index is -0.317. The van der Waals surface area contributed by atoms with Crippen LogP contribution in [0.3, 0.4) is 0 Å². The van der Waals surface area contributed by atoms with Crippen LogP contribution in [0.15, 0.2) is 28.8 Å². The van der Waals surface area contributed by atoms with Crippen LogP contribution in [0, 0.1) is 5.82 Å². The maximum atomic E-state index is 12.9. The van der Waals surface area contributed by atoms with Gasteiger partial charge in [0, 0.05) is 31.5 Å². The van der Waals surface area contributed by atoms with E-state index in [0.29, 0.717) is 49.8 Å². The average Bonchev–Trinajstić information content (AvgIpc) is 3.02. The number of nitrogens with zero attached hydrogens (tertiary/aromatic N) is 3. The van der Waals surface area contributed by atoms with Crippen molar-refractivity contribution in [3.63, 3.8) is 0 Å². The van der Waals surface area contributed by atoms with Crippen molar-refractivity contribution in [2.24, 2.45) is 0 Å². The van der Waals surface area contributed by atoms with Crippen LogP contribution in [-0.2, 0) is 16.0 Å². The molecule has 6 nitrogen and oxygen atoms in total. The summed E-state index contributed by atoms with van der Waals surface area (Å²) < 4.78 is 23.5. The fourth-order valence-electron chi connectivity index (χ4n) is 2.49. The number of ether oxygens (including phenoxy) is 1. The molecular formula is C16H18FN3O3. The van der Waals surface area contributed by atoms with Gasteiger partial charge in [0.05, 0.1) is 12.7 Å². The summed E-state index contributed by atoms with van der Waals surface area (Å²) in [6.45, 7) is 3.76. The van der Waals surface area contributed by atoms with E-state index in [1.165, 1.54) is 12.1 Å². The van der Waals surface area contributed by atoms with Crippen LogP contribution in [0.4, 0.5) is 4.39 Å². The first-order valence-electron chi connectivity index (χ1n) is 7.60. The van der Waals surface area contributed by atoms with Gasteiger partial charge in [-0.05, 0) is 31.2 Å². The fraction of sp³-hybridized carbons (Fsp3) is 0.438. The Bertz CT molecular complexity index is 671. The zero-order valence-corrected chi connectivity index (χ0v) is 12.9. The van der Waals surface area contributed by atoms with E-state index in [1.54, 1.807) is 17.0 Å². The van der Waals surface area contributed by atoms with Crippen molar-refractivity contribution in [2.45, 2.75) is 25.9 Å². The number of morpholine rings is 1. The molecular weight excluding hydrogens is 301 g/mol. The molecule has 0 bridgehead atoms. The second kappa shape index (κ2) is 6.87. The molecule has 0 saturated carbocycles. The molecule has 1 aromatic carbocycles. The smallest absolute Gasteiger partial charge is 0.227 e. The van der Waals surface area contributed by atoms with Gasteiger partial charge in [0.1, 0.15) is 5.82 Å². The van der Waals surface area contributed by atoms with Gasteiger partial charge in [-0.15, -0.1) is 0 Å². The highest BCUT2D eigenvalue weighted by molar-refractivity contribution is 5.76. The summed E-state index contributed by atoms with van der Waals surface area (Å²) in [6, 6.07) is 5.86. The van der Waals surface area contributed by atoms with E-state index < -0.39 is 0 Å². The quantitative estimate of drug-likeness (QED) is 0.863. The molecule has 0 unspecified atom stereocenters. The molecule has 23 heavy (non-hydrogen) atoms. The molecule has 1 aliphatic rings. The van der Waals surface area contributed by atoms with Crippen LogP contribution >= 0.6 is 0 Å². The molecule has 1 fully saturated rings. The second-order valence-corrected chi connectivity index (χ2v) is 5.54. The molecule has 2 heterocycles. The molecule has 2 aromatic rings. The number of carbonyl (C=O) groups is 1. The minimum Gasteiger partial charge on any atom is -0.375 e. The van der Waals surface area contributed by atoms with E-state index in [-0.39, 0.29) is 17.8 Å². The Morgan fingerprint density at radius 1 is 1.39 bits per heavy atom. The third kappa shape index (κ3) is 3.92. The number of aryl methyl sites for hydroxylation is 1. The summed E-state index contributed by atoms with van der Waals surface area (Å²) in [4.78, 5) is 18.2. The first-order chi connectivity index (χ1) is 11.1. The van der Waals surface area contributed by atoms with Crippen LogP contribution in [0.5, 0.6) is 0 Å². The van der Waals surface area contributed by atoms with Crippen molar-refractivity contribution in [3.8, 4) is 11.4 Å². The summed E-state index contributed by atoms with van der Waals surface area (Å²) in [7, 11) is 0. The largest absolute Gasteiger partial charge is 0.375 e. The highest BCUT2D eigenvalue weighted by Gasteiger charge is 2.21. The maximum Gasteiger partial charge on any atom is 0.227 e. The van der Waals surface area contributed by atoms with Crippen molar-refractivity contribution < 1.29 is 18.4 Å². The van der Waals surface area contributed by atoms with Gasteiger partial charge in [-0.25, -0.2) is 4.39 Å². The number of carbonyl (C=O) groups excluding carboxylic acids is 1. The monoisotopic (exact) mass is 319 g/mol. The SMILES string of the molecule is C[C@@H]1CN(C(=O)CCc2nc(-c3ccc(F)cc3)no2)CCO1. The van der Waals surface area contributed by atoms with Gasteiger partial charge >= 0.3 is 0 Å². The summed E-state index contributed by atoms with van der Waals surface area (Å²) in [5.41, 5.74) is 0.676. The Morgan fingerprint density at radius 2 is 2.17 bits per heavy atom. The molecule has 7 heteroatoms. The number of aromatic nitrogens is 2. The highest BCUT2D eigenvalue weighted by atomic mass is 19.1. The molecule has 0 aliphatic carbocycles. The van der Waals surface area contributed by atoms with Crippen molar-refractivity contribution in [1.29, 1.82) is 0 Å². The van der Waals surface area contributed by atoms with Crippen LogP contribution in [0.1, 0.15) is 19.2 Å². The lowest BCUT2D eigenvalue weighted by molar-refractivity contribution is -0.138. The van der Waals surface area contributed by atoms with Crippen molar-refractivity contribution in [1.82, 2.24) is 15.0 Å². The first kappa shape index (κ1) is 15.6. The number of halogens is 1. The van der Waals surface area contributed by atoms with E-state index in [9.17, 15) is 9.18 Å². The van der Waals surface area contributed by atoms with E-state index in [0.717, 1.165) is 0 Å². The number of rotatable bonds is 4. The predicted molar refractivity (Wildman–Crippen MR) is 80.0 cm³/mol. The number of hydrogen-bond acceptors (Lipinski definition) is 5. The molecule has 1 atom stereocenters. The molecule has 0 spiro atoms. The second-order valence-electron chi connectivity index (χ2n) is 5.54. The highest BCUT2D eigenvalue weighted by Crippen LogP contribution is 2.17. The predicted octanol–water partition coefficient (Wildman–Crippen LogP) is 2.06. The van der Waals surface area contributed by atoms with Crippen molar-refractivity contribution in [3.05, 3.63) is 36.0 Å². The van der Waals surface area contributed by atoms with Gasteiger partial charge in [0.15, 0.2) is 0 Å². The molecule has 0 N–H and O–H groups in total. The van der Waals surface area contributed by atoms with Gasteiger partial charge in [0.2, 0.25) is 17.6 Å². The number of benzene rings is 1. The van der Waals surface area contributed by atoms with E-state index in [4.69, 9.17) is 9.26 Å². The van der Waals surface area contributed by atoms with E-state index in [1.807, 2.05) is 6.92 Å². The third-order valence-electron chi connectivity index (χ3n) is 3.72. The van der Waals surface area contributed by atoms with Gasteiger partial charge in [0.25, 0.3) is 0 Å². The van der Waals surface area contributed by atoms with E-state index >= 15 is 0 Å². The normalized spacial score (nSPS) is 18.2. The lowest BCUT2D eigenvalue weighted by atomic mass is 10.2. The van der Waals surface area contributed by atoms with Crippen LogP contribution in [0.2, 0.25) is 0 Å². The van der Waals surface area contributed by atoms with Crippen LogP contribution < -0.4 is 0 Å². The Balaban J connectivity index is 1.56. The average molecular weight is 319 g/mol. The van der Waals surface area contributed by atoms with Crippen molar-refractivity contribution >= 4 is 5.91 Å². The molecule has 1 aromatic heterocycles. The van der Waals surface area contributed by atoms with Crippen LogP contribution in [0.25, 0.3) is 11.4 Å². The van der Waals surface area contributed by atoms with Gasteiger partial charge < -0.3 is 14.2 Å². The van der Waals surface area contributed by atoms with Gasteiger partial charge in [-0.1, -0.05) is 5.16 Å². The zero-order valence-electron chi connectivity index (χ0n) is 12.9. The Labute approximate surface area is 133 Å². The molecule has 1 saturated heterocycles. The van der Waals surface area contributed by atoms with Crippen LogP contribution in [-0.4, -0.2) is 46.7 Å². The first-order valence-corrected chi connectivity index (χ1v) is 7.60. The number of hydrogen-bond donors (Lipinski definition) is 0. The minimum absolute atomic E-state index is 0.0571. The summed E-state index contributed by atoms with van der Waals surface area (Å²) in [5.74, 6) is 0.538. The van der Waals surface area contributed by atoms with Crippen molar-refractivity contribution in [2.75, 3.05) is 19.7 Å². The Hall–Kier alpha value is -2.28. The molecule has 1 amide bonds. The summed E-state index contributed by atoms with van der Waals surface area (Å²) in [6.07, 6.45) is 0.775. The zero-order chi connectivity index (χ0) is 16.2. The van der Waals surface area contributed by atoms with Gasteiger partial charge in [-0.3, -0.25) is 4.79 Å². The molecule has 1 aliphatic heterocycles. The molecule has 0 radical (unpaired) electrons. The number of amides is 1. The Morgan fingerprint density at radius 3 is 2.91 bits per heavy atom. The molecule has 3 rings (SSSR count). The standard InChI is InChI=1S/C16H18FN3O3/c1-11-10-20(8-9-22-11)15(21)7-6-14-18-16(19-23-14)12-2-4-13(17)5-3-12/h2-5,11H,6-10H2,1H3/t11-/m1/s1. The maximum absolute atomic E-state index is 12.9. The topological polar surface area (TPSA) is 68.5 Å². The lowest BCUT2D eigenvalue weighted by Crippen LogP contribution is -2.44.